The predicted octanol–water partition coefficient (Wildman–Crippen LogP) is 3.33. The second-order valence-corrected chi connectivity index (χ2v) is 4.69. The van der Waals surface area contributed by atoms with Gasteiger partial charge < -0.3 is 0 Å². The van der Waals surface area contributed by atoms with Crippen LogP contribution in [0.5, 0.6) is 0 Å². The van der Waals surface area contributed by atoms with Crippen molar-refractivity contribution in [1.29, 1.82) is 0 Å². The average molecular weight is 337 g/mol. The normalized spacial score (nSPS) is 10.6. The van der Waals surface area contributed by atoms with E-state index in [1.54, 1.807) is 23.0 Å². The highest BCUT2D eigenvalue weighted by Crippen LogP contribution is 2.20. The molecule has 0 saturated heterocycles. The number of hydrogen-bond acceptors (Lipinski definition) is 1. The Morgan fingerprint density at radius 3 is 2.93 bits per heavy atom. The molecule has 0 N–H and O–H groups in total. The minimum atomic E-state index is -0.393. The third kappa shape index (κ3) is 2.49. The van der Waals surface area contributed by atoms with Gasteiger partial charge in [0.25, 0.3) is 0 Å². The molecule has 0 radical (unpaired) electrons. The van der Waals surface area contributed by atoms with E-state index in [1.807, 2.05) is 6.20 Å². The number of rotatable bonds is 2. The summed E-state index contributed by atoms with van der Waals surface area (Å²) in [5, 5.41) is 4.28. The van der Waals surface area contributed by atoms with E-state index in [0.717, 1.165) is 9.13 Å². The lowest BCUT2D eigenvalue weighted by atomic mass is 10.2. The first-order chi connectivity index (χ1) is 7.16. The molecule has 2 aromatic rings. The van der Waals surface area contributed by atoms with Crippen molar-refractivity contribution in [3.8, 4) is 0 Å². The summed E-state index contributed by atoms with van der Waals surface area (Å²) in [4.78, 5) is 0. The van der Waals surface area contributed by atoms with Gasteiger partial charge in [-0.1, -0.05) is 23.7 Å². The van der Waals surface area contributed by atoms with Gasteiger partial charge in [-0.25, -0.2) is 4.39 Å². The van der Waals surface area contributed by atoms with Crippen molar-refractivity contribution in [3.63, 3.8) is 0 Å². The zero-order valence-electron chi connectivity index (χ0n) is 7.62. The summed E-state index contributed by atoms with van der Waals surface area (Å²) in [6.45, 7) is 0.486. The highest BCUT2D eigenvalue weighted by atomic mass is 127. The Morgan fingerprint density at radius 2 is 2.27 bits per heavy atom. The van der Waals surface area contributed by atoms with E-state index in [-0.39, 0.29) is 5.02 Å². The van der Waals surface area contributed by atoms with Crippen molar-refractivity contribution >= 4 is 34.2 Å². The van der Waals surface area contributed by atoms with Gasteiger partial charge in [-0.3, -0.25) is 4.68 Å². The fourth-order valence-electron chi connectivity index (χ4n) is 1.27. The summed E-state index contributed by atoms with van der Waals surface area (Å²) >= 11 is 8.00. The Kier molecular flexibility index (Phi) is 3.25. The van der Waals surface area contributed by atoms with Crippen molar-refractivity contribution in [1.82, 2.24) is 9.78 Å². The Morgan fingerprint density at radius 1 is 1.47 bits per heavy atom. The summed E-state index contributed by atoms with van der Waals surface area (Å²) in [5.41, 5.74) is 0.733. The summed E-state index contributed by atoms with van der Waals surface area (Å²) in [5.74, 6) is -0.393. The number of hydrogen-bond donors (Lipinski definition) is 0. The first-order valence-electron chi connectivity index (χ1n) is 4.27. The van der Waals surface area contributed by atoms with Crippen molar-refractivity contribution in [2.75, 3.05) is 0 Å². The quantitative estimate of drug-likeness (QED) is 0.769. The molecule has 2 nitrogen and oxygen atoms in total. The Balaban J connectivity index is 2.28. The van der Waals surface area contributed by atoms with Crippen LogP contribution in [0.15, 0.2) is 30.6 Å². The first kappa shape index (κ1) is 10.9. The van der Waals surface area contributed by atoms with Gasteiger partial charge in [-0.2, -0.15) is 5.10 Å². The molecular weight excluding hydrogens is 329 g/mol. The van der Waals surface area contributed by atoms with Crippen LogP contribution in [0.1, 0.15) is 5.56 Å². The van der Waals surface area contributed by atoms with E-state index >= 15 is 0 Å². The molecule has 0 amide bonds. The molecule has 0 unspecified atom stereocenters. The van der Waals surface area contributed by atoms with Crippen LogP contribution in [0.25, 0.3) is 0 Å². The van der Waals surface area contributed by atoms with Crippen LogP contribution in [0.3, 0.4) is 0 Å². The standard InChI is InChI=1S/C10H7ClFIN2/c11-10-7(2-1-3-9(10)12)5-15-6-8(13)4-14-15/h1-4,6H,5H2. The third-order valence-electron chi connectivity index (χ3n) is 1.97. The van der Waals surface area contributed by atoms with E-state index in [2.05, 4.69) is 27.7 Å². The summed E-state index contributed by atoms with van der Waals surface area (Å²) < 4.78 is 15.9. The Hall–Kier alpha value is -0.620. The molecule has 0 aliphatic heterocycles. The van der Waals surface area contributed by atoms with Crippen LogP contribution >= 0.6 is 34.2 Å². The van der Waals surface area contributed by atoms with Crippen LogP contribution in [0, 0.1) is 9.39 Å². The van der Waals surface area contributed by atoms with Gasteiger partial charge in [0.15, 0.2) is 0 Å². The minimum Gasteiger partial charge on any atom is -0.267 e. The highest BCUT2D eigenvalue weighted by Gasteiger charge is 2.06. The van der Waals surface area contributed by atoms with Crippen LogP contribution in [0.2, 0.25) is 5.02 Å². The molecule has 78 valence electrons. The number of nitrogens with zero attached hydrogens (tertiary/aromatic N) is 2. The number of halogens is 3. The zero-order valence-corrected chi connectivity index (χ0v) is 10.5. The lowest BCUT2D eigenvalue weighted by Crippen LogP contribution is -2.01. The van der Waals surface area contributed by atoms with Crippen LogP contribution in [0.4, 0.5) is 4.39 Å². The maximum absolute atomic E-state index is 13.1. The molecule has 0 spiro atoms. The molecule has 2 rings (SSSR count). The van der Waals surface area contributed by atoms with Crippen molar-refractivity contribution in [2.24, 2.45) is 0 Å². The highest BCUT2D eigenvalue weighted by molar-refractivity contribution is 14.1. The first-order valence-corrected chi connectivity index (χ1v) is 5.73. The second-order valence-electron chi connectivity index (χ2n) is 3.07. The van der Waals surface area contributed by atoms with Crippen LogP contribution in [-0.4, -0.2) is 9.78 Å². The molecule has 0 saturated carbocycles. The van der Waals surface area contributed by atoms with Gasteiger partial charge in [0, 0.05) is 6.20 Å². The van der Waals surface area contributed by atoms with Gasteiger partial charge in [-0.05, 0) is 34.2 Å². The zero-order chi connectivity index (χ0) is 10.8. The van der Waals surface area contributed by atoms with Crippen molar-refractivity contribution in [3.05, 3.63) is 50.6 Å². The SMILES string of the molecule is Fc1cccc(Cn2cc(I)cn2)c1Cl. The van der Waals surface area contributed by atoms with Gasteiger partial charge in [-0.15, -0.1) is 0 Å². The van der Waals surface area contributed by atoms with Crippen molar-refractivity contribution < 1.29 is 4.39 Å². The molecule has 15 heavy (non-hydrogen) atoms. The monoisotopic (exact) mass is 336 g/mol. The van der Waals surface area contributed by atoms with E-state index < -0.39 is 5.82 Å². The van der Waals surface area contributed by atoms with Gasteiger partial charge >= 0.3 is 0 Å². The Bertz CT molecular complexity index is 484. The summed E-state index contributed by atoms with van der Waals surface area (Å²) in [6.07, 6.45) is 3.62. The van der Waals surface area contributed by atoms with Gasteiger partial charge in [0.2, 0.25) is 0 Å². The third-order valence-corrected chi connectivity index (χ3v) is 2.95. The predicted molar refractivity (Wildman–Crippen MR) is 65.5 cm³/mol. The van der Waals surface area contributed by atoms with E-state index in [1.165, 1.54) is 6.07 Å². The molecule has 0 atom stereocenters. The van der Waals surface area contributed by atoms with E-state index in [4.69, 9.17) is 11.6 Å². The molecular formula is C10H7ClFIN2. The van der Waals surface area contributed by atoms with E-state index in [9.17, 15) is 4.39 Å². The summed E-state index contributed by atoms with van der Waals surface area (Å²) in [6, 6.07) is 4.78. The molecule has 1 aromatic carbocycles. The van der Waals surface area contributed by atoms with Crippen LogP contribution in [-0.2, 0) is 6.54 Å². The Labute approximate surface area is 105 Å². The lowest BCUT2D eigenvalue weighted by Gasteiger charge is -2.04. The van der Waals surface area contributed by atoms with Crippen LogP contribution < -0.4 is 0 Å². The van der Waals surface area contributed by atoms with Crippen molar-refractivity contribution in [2.45, 2.75) is 6.54 Å². The maximum Gasteiger partial charge on any atom is 0.142 e. The van der Waals surface area contributed by atoms with Gasteiger partial charge in [0.1, 0.15) is 5.82 Å². The topological polar surface area (TPSA) is 17.8 Å². The number of benzene rings is 1. The maximum atomic E-state index is 13.1. The van der Waals surface area contributed by atoms with Gasteiger partial charge in [0.05, 0.1) is 21.3 Å². The molecule has 5 heteroatoms. The molecule has 0 bridgehead atoms. The molecule has 1 aromatic heterocycles. The molecule has 0 aliphatic rings. The number of aromatic nitrogens is 2. The molecule has 1 heterocycles. The average Bonchev–Trinajstić information content (AvgIpc) is 2.59. The fraction of sp³-hybridized carbons (Fsp3) is 0.100. The second kappa shape index (κ2) is 4.49. The largest absolute Gasteiger partial charge is 0.267 e. The van der Waals surface area contributed by atoms with E-state index in [0.29, 0.717) is 6.54 Å². The summed E-state index contributed by atoms with van der Waals surface area (Å²) in [7, 11) is 0. The smallest absolute Gasteiger partial charge is 0.142 e. The minimum absolute atomic E-state index is 0.169. The molecule has 0 aliphatic carbocycles. The molecule has 0 fully saturated rings. The fourth-order valence-corrected chi connectivity index (χ4v) is 1.90. The lowest BCUT2D eigenvalue weighted by molar-refractivity contribution is 0.620.